The highest BCUT2D eigenvalue weighted by molar-refractivity contribution is 7.98. The van der Waals surface area contributed by atoms with Gasteiger partial charge in [0.25, 0.3) is 0 Å². The zero-order chi connectivity index (χ0) is 29.9. The van der Waals surface area contributed by atoms with Crippen LogP contribution in [0.2, 0.25) is 0 Å². The molecular formula is C29H39N5O7S2. The summed E-state index contributed by atoms with van der Waals surface area (Å²) in [5.74, 6) is 2.09. The minimum Gasteiger partial charge on any atom is -0.476 e. The molecule has 0 unspecified atom stereocenters. The number of nitrogens with zero attached hydrogens (tertiary/aromatic N) is 5. The van der Waals surface area contributed by atoms with Crippen molar-refractivity contribution in [3.05, 3.63) is 42.7 Å². The van der Waals surface area contributed by atoms with Gasteiger partial charge in [0.05, 0.1) is 41.5 Å². The van der Waals surface area contributed by atoms with Gasteiger partial charge in [0.15, 0.2) is 5.75 Å². The van der Waals surface area contributed by atoms with Crippen LogP contribution in [0.25, 0.3) is 0 Å². The predicted octanol–water partition coefficient (Wildman–Crippen LogP) is 3.90. The zero-order valence-corrected chi connectivity index (χ0v) is 26.1. The second kappa shape index (κ2) is 12.7. The van der Waals surface area contributed by atoms with Crippen molar-refractivity contribution in [2.45, 2.75) is 55.8 Å². The van der Waals surface area contributed by atoms with Crippen molar-refractivity contribution in [3.8, 4) is 11.6 Å². The Labute approximate surface area is 257 Å². The molecule has 4 aliphatic rings. The second-order valence-electron chi connectivity index (χ2n) is 12.1. The summed E-state index contributed by atoms with van der Waals surface area (Å²) in [7, 11) is -3.45. The second-order valence-corrected chi connectivity index (χ2v) is 15.3. The Balaban J connectivity index is 0.902. The highest BCUT2D eigenvalue weighted by Crippen LogP contribution is 2.50. The lowest BCUT2D eigenvalue weighted by atomic mass is 9.98. The molecule has 0 atom stereocenters. The van der Waals surface area contributed by atoms with Crippen LogP contribution < -0.4 is 14.5 Å². The average Bonchev–Trinajstić information content (AvgIpc) is 3.95. The van der Waals surface area contributed by atoms with E-state index in [0.717, 1.165) is 50.6 Å². The molecule has 3 heterocycles. The van der Waals surface area contributed by atoms with Crippen molar-refractivity contribution in [1.82, 2.24) is 19.2 Å². The number of piperazine rings is 1. The molecule has 2 aromatic rings. The number of anilines is 1. The maximum absolute atomic E-state index is 13.2. The third kappa shape index (κ3) is 8.02. The molecule has 2 saturated heterocycles. The number of sulfonamides is 1. The normalized spacial score (nSPS) is 21.7. The first kappa shape index (κ1) is 30.2. The van der Waals surface area contributed by atoms with Gasteiger partial charge >= 0.3 is 6.09 Å². The number of rotatable bonds is 12. The minimum absolute atomic E-state index is 0.0250. The molecule has 0 N–H and O–H groups in total. The van der Waals surface area contributed by atoms with Crippen LogP contribution in [-0.4, -0.2) is 95.7 Å². The molecule has 6 rings (SSSR count). The quantitative estimate of drug-likeness (QED) is 0.192. The lowest BCUT2D eigenvalue weighted by Crippen LogP contribution is -2.50. The van der Waals surface area contributed by atoms with E-state index in [4.69, 9.17) is 18.7 Å². The molecule has 4 fully saturated rings. The van der Waals surface area contributed by atoms with Gasteiger partial charge in [0.1, 0.15) is 11.4 Å². The Hall–Kier alpha value is -2.81. The summed E-state index contributed by atoms with van der Waals surface area (Å²) in [5.41, 5.74) is -0.249. The smallest absolute Gasteiger partial charge is 0.410 e. The Morgan fingerprint density at radius 1 is 0.977 bits per heavy atom. The zero-order valence-electron chi connectivity index (χ0n) is 24.4. The number of hydrogen-bond acceptors (Lipinski definition) is 11. The first-order valence-electron chi connectivity index (χ1n) is 14.9. The molecule has 0 spiro atoms. The number of aromatic nitrogens is 2. The third-order valence-electron chi connectivity index (χ3n) is 8.54. The van der Waals surface area contributed by atoms with Gasteiger partial charge in [-0.05, 0) is 63.5 Å². The summed E-state index contributed by atoms with van der Waals surface area (Å²) in [6, 6.07) is 9.14. The molecule has 1 amide bonds. The highest BCUT2D eigenvalue weighted by atomic mass is 32.2. The van der Waals surface area contributed by atoms with Gasteiger partial charge in [0, 0.05) is 39.3 Å². The van der Waals surface area contributed by atoms with Crippen LogP contribution in [0.15, 0.2) is 42.7 Å². The van der Waals surface area contributed by atoms with Crippen molar-refractivity contribution in [1.29, 1.82) is 0 Å². The summed E-state index contributed by atoms with van der Waals surface area (Å²) in [6.45, 7) is 5.68. The molecule has 0 radical (unpaired) electrons. The Morgan fingerprint density at radius 3 is 2.33 bits per heavy atom. The molecule has 14 heteroatoms. The molecule has 2 saturated carbocycles. The fraction of sp³-hybridized carbons (Fsp3) is 0.621. The van der Waals surface area contributed by atoms with E-state index in [0.29, 0.717) is 69.2 Å². The van der Waals surface area contributed by atoms with Gasteiger partial charge in [0.2, 0.25) is 15.9 Å². The predicted molar refractivity (Wildman–Crippen MR) is 161 cm³/mol. The van der Waals surface area contributed by atoms with E-state index in [2.05, 4.69) is 9.97 Å². The summed E-state index contributed by atoms with van der Waals surface area (Å²) in [5, 5.41) is 0. The van der Waals surface area contributed by atoms with Crippen LogP contribution >= 0.6 is 12.0 Å². The van der Waals surface area contributed by atoms with Gasteiger partial charge in [-0.3, -0.25) is 0 Å². The molecule has 43 heavy (non-hydrogen) atoms. The van der Waals surface area contributed by atoms with E-state index in [9.17, 15) is 13.2 Å². The van der Waals surface area contributed by atoms with E-state index in [-0.39, 0.29) is 17.4 Å². The summed E-state index contributed by atoms with van der Waals surface area (Å²) < 4.78 is 44.3. The minimum atomic E-state index is -3.45. The number of carbonyl (C=O) groups excluding carboxylic acids is 1. The molecule has 0 bridgehead atoms. The number of benzene rings is 1. The van der Waals surface area contributed by atoms with Crippen molar-refractivity contribution in [2.24, 2.45) is 5.92 Å². The van der Waals surface area contributed by atoms with Crippen LogP contribution in [0.1, 0.15) is 45.4 Å². The van der Waals surface area contributed by atoms with E-state index in [1.807, 2.05) is 30.0 Å². The van der Waals surface area contributed by atoms with Crippen LogP contribution in [0, 0.1) is 5.92 Å². The first-order valence-corrected chi connectivity index (χ1v) is 17.3. The Kier molecular flexibility index (Phi) is 8.90. The number of ether oxygens (including phenoxy) is 2. The van der Waals surface area contributed by atoms with Crippen molar-refractivity contribution in [2.75, 3.05) is 56.5 Å². The molecule has 2 aliphatic heterocycles. The van der Waals surface area contributed by atoms with Gasteiger partial charge in [-0.15, -0.1) is 4.33 Å². The Morgan fingerprint density at radius 2 is 1.70 bits per heavy atom. The number of piperidine rings is 1. The van der Waals surface area contributed by atoms with E-state index >= 15 is 0 Å². The van der Waals surface area contributed by atoms with E-state index in [1.54, 1.807) is 33.7 Å². The van der Waals surface area contributed by atoms with Crippen LogP contribution in [0.5, 0.6) is 11.6 Å². The molecule has 1 aromatic carbocycles. The first-order chi connectivity index (χ1) is 20.7. The summed E-state index contributed by atoms with van der Waals surface area (Å²) in [4.78, 5) is 30.4. The number of carbonyl (C=O) groups is 1. The van der Waals surface area contributed by atoms with E-state index in [1.165, 1.54) is 0 Å². The fourth-order valence-electron chi connectivity index (χ4n) is 5.20. The Bertz CT molecular complexity index is 1340. The van der Waals surface area contributed by atoms with Crippen molar-refractivity contribution >= 4 is 34.0 Å². The molecule has 1 aromatic heterocycles. The summed E-state index contributed by atoms with van der Waals surface area (Å²) >= 11 is 1.10. The number of hydrogen-bond donors (Lipinski definition) is 0. The molecule has 12 nitrogen and oxygen atoms in total. The molecule has 2 aliphatic carbocycles. The largest absolute Gasteiger partial charge is 0.476 e. The number of para-hydroxylation sites is 1. The van der Waals surface area contributed by atoms with Crippen LogP contribution in [0.3, 0.4) is 0 Å². The maximum atomic E-state index is 13.2. The maximum Gasteiger partial charge on any atom is 0.410 e. The van der Waals surface area contributed by atoms with E-state index < -0.39 is 14.8 Å². The van der Waals surface area contributed by atoms with Crippen molar-refractivity contribution < 1.29 is 31.9 Å². The number of amides is 1. The molecular weight excluding hydrogens is 594 g/mol. The van der Waals surface area contributed by atoms with Crippen LogP contribution in [-0.2, 0) is 19.1 Å². The molecule has 234 valence electrons. The standard InChI is InChI=1S/C29H39N5O7S2/c1-28(9-10-28)39-27(35)33-13-7-23(8-14-33)21-38-26-20-30-25(19-31-26)32-15-17-34(18-16-32)43(36,37)22-29(11-12-29)42-41-40-24-5-3-2-4-6-24/h2-6,19-20,23H,7-18,21-22H2,1H3. The fourth-order valence-corrected chi connectivity index (χ4v) is 8.22. The average molecular weight is 634 g/mol. The van der Waals surface area contributed by atoms with Crippen molar-refractivity contribution in [3.63, 3.8) is 0 Å². The van der Waals surface area contributed by atoms with Gasteiger partial charge < -0.3 is 24.2 Å². The monoisotopic (exact) mass is 633 g/mol. The highest BCUT2D eigenvalue weighted by Gasteiger charge is 2.50. The van der Waals surface area contributed by atoms with Crippen LogP contribution in [0.4, 0.5) is 10.6 Å². The topological polar surface area (TPSA) is 124 Å². The third-order valence-corrected chi connectivity index (χ3v) is 11.8. The SMILES string of the molecule is CC1(OC(=O)N2CCC(COc3cnc(N4CCN(S(=O)(=O)CC5(SOOc6ccccc6)CC5)CC4)cn3)CC2)CC1. The lowest BCUT2D eigenvalue weighted by molar-refractivity contribution is -0.0786. The van der Waals surface area contributed by atoms with Gasteiger partial charge in [-0.25, -0.2) is 23.2 Å². The lowest BCUT2D eigenvalue weighted by Gasteiger charge is -2.35. The van der Waals surface area contributed by atoms with Gasteiger partial charge in [-0.2, -0.15) is 4.31 Å². The van der Waals surface area contributed by atoms with Gasteiger partial charge in [-0.1, -0.05) is 18.2 Å². The summed E-state index contributed by atoms with van der Waals surface area (Å²) in [6.07, 6.45) is 8.25. The number of likely N-dealkylation sites (tertiary alicyclic amines) is 1.